The summed E-state index contributed by atoms with van der Waals surface area (Å²) in [7, 11) is 0. The van der Waals surface area contributed by atoms with Gasteiger partial charge in [0.05, 0.1) is 5.92 Å². The van der Waals surface area contributed by atoms with Crippen molar-refractivity contribution in [1.29, 1.82) is 0 Å². The molecule has 1 amide bonds. The number of nitrogens with zero attached hydrogens (tertiary/aromatic N) is 4. The van der Waals surface area contributed by atoms with E-state index in [4.69, 9.17) is 0 Å². The van der Waals surface area contributed by atoms with Crippen molar-refractivity contribution >= 4 is 11.9 Å². The van der Waals surface area contributed by atoms with Crippen LogP contribution >= 0.6 is 0 Å². The summed E-state index contributed by atoms with van der Waals surface area (Å²) in [6, 6.07) is 1.83. The molecule has 6 heteroatoms. The van der Waals surface area contributed by atoms with Gasteiger partial charge in [0.25, 0.3) is 0 Å². The van der Waals surface area contributed by atoms with Gasteiger partial charge in [0.1, 0.15) is 0 Å². The van der Waals surface area contributed by atoms with E-state index >= 15 is 0 Å². The molecule has 1 aromatic rings. The van der Waals surface area contributed by atoms with Crippen LogP contribution in [0.1, 0.15) is 39.5 Å². The molecule has 1 spiro atoms. The Morgan fingerprint density at radius 1 is 1.32 bits per heavy atom. The van der Waals surface area contributed by atoms with E-state index in [1.807, 2.05) is 6.07 Å². The third-order valence-corrected chi connectivity index (χ3v) is 5.99. The van der Waals surface area contributed by atoms with Crippen molar-refractivity contribution in [3.63, 3.8) is 0 Å². The zero-order chi connectivity index (χ0) is 17.7. The summed E-state index contributed by atoms with van der Waals surface area (Å²) in [5.74, 6) is 1.04. The van der Waals surface area contributed by atoms with Crippen molar-refractivity contribution in [1.82, 2.24) is 20.2 Å². The first-order valence-corrected chi connectivity index (χ1v) is 9.70. The molecular formula is C19H31N5O. The van der Waals surface area contributed by atoms with Crippen LogP contribution in [-0.4, -0.2) is 60.0 Å². The fourth-order valence-electron chi connectivity index (χ4n) is 4.25. The summed E-state index contributed by atoms with van der Waals surface area (Å²) in [6.45, 7) is 9.98. The summed E-state index contributed by atoms with van der Waals surface area (Å²) >= 11 is 0. The molecule has 138 valence electrons. The average molecular weight is 345 g/mol. The van der Waals surface area contributed by atoms with Gasteiger partial charge in [-0.25, -0.2) is 9.97 Å². The molecule has 1 aliphatic heterocycles. The zero-order valence-corrected chi connectivity index (χ0v) is 15.6. The Bertz CT molecular complexity index is 556. The largest absolute Gasteiger partial charge is 0.356 e. The maximum absolute atomic E-state index is 12.8. The van der Waals surface area contributed by atoms with E-state index in [0.29, 0.717) is 0 Å². The molecule has 0 radical (unpaired) electrons. The first kappa shape index (κ1) is 18.1. The first-order chi connectivity index (χ1) is 12.2. The molecule has 6 nitrogen and oxygen atoms in total. The maximum atomic E-state index is 12.8. The molecule has 2 aliphatic rings. The second-order valence-corrected chi connectivity index (χ2v) is 7.37. The van der Waals surface area contributed by atoms with Crippen LogP contribution in [0.25, 0.3) is 0 Å². The SMILES string of the molecule is CCN(CC)CCCNC(=O)C1CN(c2ncccn2)CC12CCC2. The van der Waals surface area contributed by atoms with Gasteiger partial charge < -0.3 is 15.1 Å². The van der Waals surface area contributed by atoms with E-state index in [-0.39, 0.29) is 17.2 Å². The van der Waals surface area contributed by atoms with Gasteiger partial charge in [-0.15, -0.1) is 0 Å². The molecule has 2 fully saturated rings. The third-order valence-electron chi connectivity index (χ3n) is 5.99. The molecule has 1 unspecified atom stereocenters. The van der Waals surface area contributed by atoms with Crippen molar-refractivity contribution < 1.29 is 4.79 Å². The van der Waals surface area contributed by atoms with Crippen LogP contribution in [0.15, 0.2) is 18.5 Å². The molecule has 1 aliphatic carbocycles. The highest BCUT2D eigenvalue weighted by molar-refractivity contribution is 5.81. The summed E-state index contributed by atoms with van der Waals surface area (Å²) in [5.41, 5.74) is 0.141. The number of amides is 1. The normalized spacial score (nSPS) is 21.6. The molecule has 1 saturated heterocycles. The van der Waals surface area contributed by atoms with Crippen molar-refractivity contribution in [2.45, 2.75) is 39.5 Å². The highest BCUT2D eigenvalue weighted by Gasteiger charge is 2.53. The topological polar surface area (TPSA) is 61.4 Å². The summed E-state index contributed by atoms with van der Waals surface area (Å²) in [6.07, 6.45) is 8.09. The standard InChI is InChI=1S/C19H31N5O/c1-3-23(4-2)13-7-12-20-17(25)16-14-24(15-19(16)8-5-9-19)18-21-10-6-11-22-18/h6,10-11,16H,3-5,7-9,12-15H2,1-2H3,(H,20,25). The lowest BCUT2D eigenvalue weighted by Crippen LogP contribution is -2.45. The first-order valence-electron chi connectivity index (χ1n) is 9.70. The van der Waals surface area contributed by atoms with Crippen molar-refractivity contribution in [3.05, 3.63) is 18.5 Å². The molecule has 2 heterocycles. The molecule has 1 atom stereocenters. The van der Waals surface area contributed by atoms with Crippen LogP contribution in [0.3, 0.4) is 0 Å². The van der Waals surface area contributed by atoms with Crippen LogP contribution in [0, 0.1) is 11.3 Å². The second-order valence-electron chi connectivity index (χ2n) is 7.37. The minimum atomic E-state index is 0.0681. The molecule has 0 bridgehead atoms. The number of hydrogen-bond donors (Lipinski definition) is 1. The summed E-state index contributed by atoms with van der Waals surface area (Å²) in [4.78, 5) is 26.1. The molecule has 0 aromatic carbocycles. The fraction of sp³-hybridized carbons (Fsp3) is 0.737. The Labute approximate surface area is 151 Å². The Balaban J connectivity index is 1.54. The fourth-order valence-corrected chi connectivity index (χ4v) is 4.25. The predicted molar refractivity (Wildman–Crippen MR) is 99.4 cm³/mol. The molecule has 1 N–H and O–H groups in total. The molecule has 1 saturated carbocycles. The van der Waals surface area contributed by atoms with Gasteiger partial charge in [-0.05, 0) is 45.0 Å². The average Bonchev–Trinajstić information content (AvgIpc) is 3.04. The number of hydrogen-bond acceptors (Lipinski definition) is 5. The summed E-state index contributed by atoms with van der Waals surface area (Å²) < 4.78 is 0. The van der Waals surface area contributed by atoms with Crippen LogP contribution in [0.4, 0.5) is 5.95 Å². The van der Waals surface area contributed by atoms with E-state index in [1.165, 1.54) is 6.42 Å². The zero-order valence-electron chi connectivity index (χ0n) is 15.6. The number of anilines is 1. The van der Waals surface area contributed by atoms with E-state index in [2.05, 4.69) is 38.9 Å². The predicted octanol–water partition coefficient (Wildman–Crippen LogP) is 1.93. The van der Waals surface area contributed by atoms with Gasteiger partial charge >= 0.3 is 0 Å². The quantitative estimate of drug-likeness (QED) is 0.730. The number of carbonyl (C=O) groups excluding carboxylic acids is 1. The van der Waals surface area contributed by atoms with Gasteiger partial charge in [0.15, 0.2) is 0 Å². The Morgan fingerprint density at radius 3 is 2.64 bits per heavy atom. The minimum absolute atomic E-state index is 0.0681. The Morgan fingerprint density at radius 2 is 2.04 bits per heavy atom. The van der Waals surface area contributed by atoms with Gasteiger partial charge in [0, 0.05) is 37.4 Å². The number of nitrogens with one attached hydrogen (secondary N) is 1. The van der Waals surface area contributed by atoms with E-state index < -0.39 is 0 Å². The number of aromatic nitrogens is 2. The van der Waals surface area contributed by atoms with Gasteiger partial charge in [-0.3, -0.25) is 4.79 Å². The Kier molecular flexibility index (Phi) is 5.89. The number of carbonyl (C=O) groups is 1. The van der Waals surface area contributed by atoms with Crippen molar-refractivity contribution in [2.24, 2.45) is 11.3 Å². The van der Waals surface area contributed by atoms with E-state index in [9.17, 15) is 4.79 Å². The molecular weight excluding hydrogens is 314 g/mol. The smallest absolute Gasteiger partial charge is 0.225 e. The minimum Gasteiger partial charge on any atom is -0.356 e. The molecule has 25 heavy (non-hydrogen) atoms. The van der Waals surface area contributed by atoms with Crippen LogP contribution in [0.5, 0.6) is 0 Å². The van der Waals surface area contributed by atoms with Gasteiger partial charge in [0.2, 0.25) is 11.9 Å². The highest BCUT2D eigenvalue weighted by Crippen LogP contribution is 2.52. The second kappa shape index (κ2) is 8.13. The van der Waals surface area contributed by atoms with Crippen molar-refractivity contribution in [2.75, 3.05) is 44.2 Å². The third kappa shape index (κ3) is 3.94. The number of rotatable bonds is 8. The molecule has 3 rings (SSSR count). The summed E-state index contributed by atoms with van der Waals surface area (Å²) in [5, 5.41) is 3.19. The lowest BCUT2D eigenvalue weighted by molar-refractivity contribution is -0.129. The lowest BCUT2D eigenvalue weighted by Gasteiger charge is -2.41. The molecule has 1 aromatic heterocycles. The van der Waals surface area contributed by atoms with E-state index in [0.717, 1.165) is 64.5 Å². The monoisotopic (exact) mass is 345 g/mol. The van der Waals surface area contributed by atoms with E-state index in [1.54, 1.807) is 12.4 Å². The van der Waals surface area contributed by atoms with Gasteiger partial charge in [-0.1, -0.05) is 20.3 Å². The lowest BCUT2D eigenvalue weighted by atomic mass is 9.62. The Hall–Kier alpha value is -1.69. The maximum Gasteiger partial charge on any atom is 0.225 e. The highest BCUT2D eigenvalue weighted by atomic mass is 16.2. The van der Waals surface area contributed by atoms with Crippen molar-refractivity contribution in [3.8, 4) is 0 Å². The van der Waals surface area contributed by atoms with Crippen LogP contribution in [0.2, 0.25) is 0 Å². The van der Waals surface area contributed by atoms with Gasteiger partial charge in [-0.2, -0.15) is 0 Å². The van der Waals surface area contributed by atoms with Crippen LogP contribution in [-0.2, 0) is 4.79 Å². The van der Waals surface area contributed by atoms with Crippen LogP contribution < -0.4 is 10.2 Å².